The maximum atomic E-state index is 4.94. The van der Waals surface area contributed by atoms with Gasteiger partial charge >= 0.3 is 5.84 Å². The van der Waals surface area contributed by atoms with Crippen LogP contribution in [0.5, 0.6) is 0 Å². The third-order valence-corrected chi connectivity index (χ3v) is 1.30. The fourth-order valence-electron chi connectivity index (χ4n) is 0.676. The Morgan fingerprint density at radius 1 is 1.60 bits per heavy atom. The number of fused-ring (bicyclic) bond motifs is 1. The lowest BCUT2D eigenvalue weighted by molar-refractivity contribution is 0.588. The molecule has 0 aliphatic carbocycles. The maximum absolute atomic E-state index is 4.94. The Hall–Kier alpha value is -1.23. The van der Waals surface area contributed by atoms with Crippen molar-refractivity contribution in [3.05, 3.63) is 23.6 Å². The van der Waals surface area contributed by atoms with Gasteiger partial charge in [-0.05, 0) is 12.2 Å². The van der Waals surface area contributed by atoms with Crippen molar-refractivity contribution in [2.75, 3.05) is 0 Å². The monoisotopic (exact) mass is 153 g/mol. The van der Waals surface area contributed by atoms with E-state index in [1.165, 1.54) is 6.26 Å². The number of oxazole rings is 1. The van der Waals surface area contributed by atoms with Gasteiger partial charge in [-0.25, -0.2) is 4.98 Å². The van der Waals surface area contributed by atoms with Crippen LogP contribution < -0.4 is 0 Å². The molecule has 2 rings (SSSR count). The van der Waals surface area contributed by atoms with Gasteiger partial charge in [-0.3, -0.25) is 4.40 Å². The van der Waals surface area contributed by atoms with E-state index >= 15 is 0 Å². The molecule has 0 aromatic carbocycles. The number of nitrogens with zero attached hydrogens (tertiary/aromatic N) is 3. The molecule has 2 aromatic rings. The molecule has 0 saturated heterocycles. The molecule has 0 aliphatic heterocycles. The summed E-state index contributed by atoms with van der Waals surface area (Å²) in [7, 11) is 0. The van der Waals surface area contributed by atoms with Crippen LogP contribution in [0.15, 0.2) is 23.2 Å². The van der Waals surface area contributed by atoms with Crippen molar-refractivity contribution >= 4 is 18.1 Å². The largest absolute Gasteiger partial charge is 0.432 e. The van der Waals surface area contributed by atoms with Crippen LogP contribution in [0.25, 0.3) is 5.84 Å². The van der Waals surface area contributed by atoms with Gasteiger partial charge in [-0.2, -0.15) is 4.98 Å². The number of aromatic nitrogens is 3. The van der Waals surface area contributed by atoms with E-state index in [9.17, 15) is 0 Å². The average molecular weight is 153 g/mol. The molecule has 5 heteroatoms. The summed E-state index contributed by atoms with van der Waals surface area (Å²) in [5, 5.41) is 0. The van der Waals surface area contributed by atoms with E-state index in [4.69, 9.17) is 16.6 Å². The first-order valence-electron chi connectivity index (χ1n) is 2.65. The Morgan fingerprint density at radius 2 is 2.50 bits per heavy atom. The van der Waals surface area contributed by atoms with Crippen LogP contribution in [0, 0.1) is 4.77 Å². The zero-order valence-corrected chi connectivity index (χ0v) is 5.71. The standard InChI is InChI=1S/C5H3N3OS/c10-4-6-3-8-1-2-9-5(8)7-4/h1-3H. The average Bonchev–Trinajstić information content (AvgIpc) is 2.33. The van der Waals surface area contributed by atoms with Crippen molar-refractivity contribution in [2.24, 2.45) is 0 Å². The number of rotatable bonds is 0. The molecule has 2 aromatic heterocycles. The summed E-state index contributed by atoms with van der Waals surface area (Å²) in [6, 6.07) is 0. The van der Waals surface area contributed by atoms with E-state index in [2.05, 4.69) is 9.97 Å². The lowest BCUT2D eigenvalue weighted by atomic mass is 10.9. The van der Waals surface area contributed by atoms with Gasteiger partial charge in [0.25, 0.3) is 0 Å². The molecule has 2 heterocycles. The molecule has 0 bridgehead atoms. The molecule has 0 aliphatic rings. The lowest BCUT2D eigenvalue weighted by Crippen LogP contribution is -1.87. The first-order chi connectivity index (χ1) is 4.86. The highest BCUT2D eigenvalue weighted by Gasteiger charge is 1.92. The molecule has 0 radical (unpaired) electrons. The van der Waals surface area contributed by atoms with Gasteiger partial charge in [0.15, 0.2) is 0 Å². The van der Waals surface area contributed by atoms with Gasteiger partial charge in [0, 0.05) is 0 Å². The van der Waals surface area contributed by atoms with Crippen LogP contribution in [0.1, 0.15) is 0 Å². The third kappa shape index (κ3) is 0.714. The smallest absolute Gasteiger partial charge is 0.309 e. The first kappa shape index (κ1) is 5.55. The van der Waals surface area contributed by atoms with E-state index in [0.29, 0.717) is 10.6 Å². The van der Waals surface area contributed by atoms with E-state index in [1.807, 2.05) is 0 Å². The maximum Gasteiger partial charge on any atom is 0.309 e. The summed E-state index contributed by atoms with van der Waals surface area (Å²) in [5.41, 5.74) is 0. The minimum atomic E-state index is 0.301. The first-order valence-corrected chi connectivity index (χ1v) is 3.05. The summed E-state index contributed by atoms with van der Waals surface area (Å²) in [6.45, 7) is 0. The molecule has 0 saturated carbocycles. The fraction of sp³-hybridized carbons (Fsp3) is 0. The molecule has 0 unspecified atom stereocenters. The number of hydrogen-bond donors (Lipinski definition) is 0. The van der Waals surface area contributed by atoms with E-state index < -0.39 is 0 Å². The zero-order chi connectivity index (χ0) is 6.97. The molecule has 50 valence electrons. The Labute approximate surface area is 61.2 Å². The molecule has 4 nitrogen and oxygen atoms in total. The summed E-state index contributed by atoms with van der Waals surface area (Å²) >= 11 is 4.71. The van der Waals surface area contributed by atoms with Crippen LogP contribution in [-0.4, -0.2) is 14.4 Å². The fourth-order valence-corrected chi connectivity index (χ4v) is 0.801. The van der Waals surface area contributed by atoms with Crippen LogP contribution >= 0.6 is 12.2 Å². The van der Waals surface area contributed by atoms with Crippen molar-refractivity contribution in [1.82, 2.24) is 14.4 Å². The Balaban J connectivity index is 2.99. The Morgan fingerprint density at radius 3 is 3.40 bits per heavy atom. The highest BCUT2D eigenvalue weighted by molar-refractivity contribution is 7.71. The van der Waals surface area contributed by atoms with E-state index in [0.717, 1.165) is 0 Å². The zero-order valence-electron chi connectivity index (χ0n) is 4.89. The number of hydrogen-bond acceptors (Lipinski definition) is 4. The quantitative estimate of drug-likeness (QED) is 0.530. The Bertz CT molecular complexity index is 404. The predicted octanol–water partition coefficient (Wildman–Crippen LogP) is 1.05. The van der Waals surface area contributed by atoms with Gasteiger partial charge < -0.3 is 4.42 Å². The minimum Gasteiger partial charge on any atom is -0.432 e. The lowest BCUT2D eigenvalue weighted by Gasteiger charge is -1.84. The molecule has 0 N–H and O–H groups in total. The molecule has 10 heavy (non-hydrogen) atoms. The van der Waals surface area contributed by atoms with Crippen molar-refractivity contribution in [2.45, 2.75) is 0 Å². The second kappa shape index (κ2) is 1.88. The normalized spacial score (nSPS) is 10.4. The van der Waals surface area contributed by atoms with Crippen molar-refractivity contribution in [3.63, 3.8) is 0 Å². The van der Waals surface area contributed by atoms with Gasteiger partial charge in [0.1, 0.15) is 12.6 Å². The van der Waals surface area contributed by atoms with Crippen LogP contribution in [0.4, 0.5) is 0 Å². The van der Waals surface area contributed by atoms with Gasteiger partial charge in [0.2, 0.25) is 4.77 Å². The van der Waals surface area contributed by atoms with Crippen molar-refractivity contribution in [3.8, 4) is 0 Å². The Kier molecular flexibility index (Phi) is 1.04. The van der Waals surface area contributed by atoms with E-state index in [-0.39, 0.29) is 0 Å². The molecule has 0 amide bonds. The highest BCUT2D eigenvalue weighted by Crippen LogP contribution is 1.96. The predicted molar refractivity (Wildman–Crippen MR) is 36.1 cm³/mol. The summed E-state index contributed by atoms with van der Waals surface area (Å²) in [6.07, 6.45) is 4.80. The molecular formula is C5H3N3OS. The van der Waals surface area contributed by atoms with Crippen molar-refractivity contribution < 1.29 is 4.42 Å². The summed E-state index contributed by atoms with van der Waals surface area (Å²) in [4.78, 5) is 7.62. The van der Waals surface area contributed by atoms with Crippen LogP contribution in [-0.2, 0) is 0 Å². The van der Waals surface area contributed by atoms with Gasteiger partial charge in [0.05, 0.1) is 6.20 Å². The molecule has 0 fully saturated rings. The van der Waals surface area contributed by atoms with Crippen molar-refractivity contribution in [1.29, 1.82) is 0 Å². The summed E-state index contributed by atoms with van der Waals surface area (Å²) < 4.78 is 6.89. The second-order valence-corrected chi connectivity index (χ2v) is 2.10. The second-order valence-electron chi connectivity index (χ2n) is 1.73. The highest BCUT2D eigenvalue weighted by atomic mass is 32.1. The molecular weight excluding hydrogens is 150 g/mol. The van der Waals surface area contributed by atoms with Crippen LogP contribution in [0.3, 0.4) is 0 Å². The SMILES string of the molecule is S=c1ncn2ccoc2n1. The van der Waals surface area contributed by atoms with Gasteiger partial charge in [-0.1, -0.05) is 0 Å². The minimum absolute atomic E-state index is 0.301. The van der Waals surface area contributed by atoms with Crippen LogP contribution in [0.2, 0.25) is 0 Å². The molecule has 0 spiro atoms. The van der Waals surface area contributed by atoms with E-state index in [1.54, 1.807) is 16.9 Å². The summed E-state index contributed by atoms with van der Waals surface area (Å²) in [5.74, 6) is 0.472. The molecule has 0 atom stereocenters. The van der Waals surface area contributed by atoms with Gasteiger partial charge in [-0.15, -0.1) is 0 Å². The third-order valence-electron chi connectivity index (χ3n) is 1.10. The topological polar surface area (TPSA) is 43.3 Å².